The number of carbonyl (C=O) groups is 1. The lowest BCUT2D eigenvalue weighted by molar-refractivity contribution is 0.101. The van der Waals surface area contributed by atoms with E-state index in [9.17, 15) is 4.79 Å². The van der Waals surface area contributed by atoms with Crippen molar-refractivity contribution in [3.8, 4) is 11.3 Å². The van der Waals surface area contributed by atoms with Crippen molar-refractivity contribution in [2.45, 2.75) is 6.92 Å². The van der Waals surface area contributed by atoms with E-state index in [0.29, 0.717) is 11.3 Å². The Hall–Kier alpha value is -2.10. The first kappa shape index (κ1) is 10.4. The maximum absolute atomic E-state index is 11.1. The van der Waals surface area contributed by atoms with Gasteiger partial charge in [0, 0.05) is 18.2 Å². The van der Waals surface area contributed by atoms with Crippen molar-refractivity contribution in [2.75, 3.05) is 5.73 Å². The molecule has 2 rings (SSSR count). The van der Waals surface area contributed by atoms with Gasteiger partial charge in [-0.15, -0.1) is 0 Å². The van der Waals surface area contributed by atoms with Gasteiger partial charge in [-0.3, -0.25) is 9.48 Å². The van der Waals surface area contributed by atoms with Crippen LogP contribution >= 0.6 is 0 Å². The summed E-state index contributed by atoms with van der Waals surface area (Å²) in [7, 11) is 1.84. The smallest absolute Gasteiger partial charge is 0.159 e. The fourth-order valence-corrected chi connectivity index (χ4v) is 1.67. The second-order valence-corrected chi connectivity index (χ2v) is 3.71. The van der Waals surface area contributed by atoms with Crippen LogP contribution in [-0.2, 0) is 7.05 Å². The van der Waals surface area contributed by atoms with Crippen LogP contribution in [0.15, 0.2) is 30.5 Å². The summed E-state index contributed by atoms with van der Waals surface area (Å²) < 4.78 is 1.72. The SMILES string of the molecule is CC(=O)c1ccc(-c2c(N)cnn2C)cc1. The van der Waals surface area contributed by atoms with Gasteiger partial charge in [-0.25, -0.2) is 0 Å². The van der Waals surface area contributed by atoms with Gasteiger partial charge in [-0.05, 0) is 6.92 Å². The van der Waals surface area contributed by atoms with E-state index in [1.54, 1.807) is 29.9 Å². The lowest BCUT2D eigenvalue weighted by Crippen LogP contribution is -1.97. The van der Waals surface area contributed by atoms with Gasteiger partial charge >= 0.3 is 0 Å². The van der Waals surface area contributed by atoms with E-state index in [0.717, 1.165) is 11.3 Å². The molecule has 0 aliphatic carbocycles. The molecule has 0 aliphatic rings. The molecule has 0 saturated heterocycles. The molecular formula is C12H13N3O. The van der Waals surface area contributed by atoms with Crippen molar-refractivity contribution in [1.29, 1.82) is 0 Å². The number of benzene rings is 1. The van der Waals surface area contributed by atoms with Crippen molar-refractivity contribution in [2.24, 2.45) is 7.05 Å². The zero-order chi connectivity index (χ0) is 11.7. The average Bonchev–Trinajstić information content (AvgIpc) is 2.59. The molecule has 82 valence electrons. The van der Waals surface area contributed by atoms with Gasteiger partial charge < -0.3 is 5.73 Å². The van der Waals surface area contributed by atoms with Crippen LogP contribution in [0.3, 0.4) is 0 Å². The molecule has 1 aromatic heterocycles. The summed E-state index contributed by atoms with van der Waals surface area (Å²) in [6.45, 7) is 1.55. The number of nitrogens with zero attached hydrogens (tertiary/aromatic N) is 2. The quantitative estimate of drug-likeness (QED) is 0.778. The third-order valence-corrected chi connectivity index (χ3v) is 2.53. The summed E-state index contributed by atoms with van der Waals surface area (Å²) in [5.74, 6) is 0.0597. The predicted molar refractivity (Wildman–Crippen MR) is 63.1 cm³/mol. The van der Waals surface area contributed by atoms with E-state index >= 15 is 0 Å². The number of hydrogen-bond donors (Lipinski definition) is 1. The van der Waals surface area contributed by atoms with Crippen molar-refractivity contribution >= 4 is 11.5 Å². The molecule has 0 unspecified atom stereocenters. The molecule has 1 aromatic carbocycles. The van der Waals surface area contributed by atoms with Crippen molar-refractivity contribution in [3.05, 3.63) is 36.0 Å². The minimum Gasteiger partial charge on any atom is -0.396 e. The lowest BCUT2D eigenvalue weighted by atomic mass is 10.1. The maximum atomic E-state index is 11.1. The highest BCUT2D eigenvalue weighted by Gasteiger charge is 2.08. The number of aromatic nitrogens is 2. The van der Waals surface area contributed by atoms with Gasteiger partial charge in [0.2, 0.25) is 0 Å². The summed E-state index contributed by atoms with van der Waals surface area (Å²) in [6, 6.07) is 7.35. The molecule has 0 saturated carbocycles. The monoisotopic (exact) mass is 215 g/mol. The molecule has 0 fully saturated rings. The topological polar surface area (TPSA) is 60.9 Å². The number of carbonyl (C=O) groups excluding carboxylic acids is 1. The Balaban J connectivity index is 2.46. The van der Waals surface area contributed by atoms with Gasteiger partial charge in [0.05, 0.1) is 17.6 Å². The van der Waals surface area contributed by atoms with E-state index in [-0.39, 0.29) is 5.78 Å². The highest BCUT2D eigenvalue weighted by molar-refractivity contribution is 5.94. The number of Topliss-reactive ketones (excluding diaryl/α,β-unsaturated/α-hetero) is 1. The molecule has 1 heterocycles. The number of nitrogen functional groups attached to an aromatic ring is 1. The van der Waals surface area contributed by atoms with Gasteiger partial charge in [0.15, 0.2) is 5.78 Å². The van der Waals surface area contributed by atoms with Crippen LogP contribution in [0, 0.1) is 0 Å². The Bertz CT molecular complexity index is 506. The van der Waals surface area contributed by atoms with Crippen LogP contribution in [0.4, 0.5) is 5.69 Å². The van der Waals surface area contributed by atoms with E-state index < -0.39 is 0 Å². The first-order chi connectivity index (χ1) is 7.59. The first-order valence-electron chi connectivity index (χ1n) is 4.98. The van der Waals surface area contributed by atoms with Gasteiger partial charge in [0.25, 0.3) is 0 Å². The lowest BCUT2D eigenvalue weighted by Gasteiger charge is -2.04. The molecule has 4 heteroatoms. The van der Waals surface area contributed by atoms with Gasteiger partial charge in [-0.1, -0.05) is 24.3 Å². The van der Waals surface area contributed by atoms with E-state index in [1.165, 1.54) is 0 Å². The number of nitrogens with two attached hydrogens (primary N) is 1. The molecule has 0 bridgehead atoms. The van der Waals surface area contributed by atoms with Gasteiger partial charge in [0.1, 0.15) is 0 Å². The Morgan fingerprint density at radius 3 is 2.38 bits per heavy atom. The number of ketones is 1. The predicted octanol–water partition coefficient (Wildman–Crippen LogP) is 1.87. The molecule has 16 heavy (non-hydrogen) atoms. The fourth-order valence-electron chi connectivity index (χ4n) is 1.67. The minimum atomic E-state index is 0.0597. The van der Waals surface area contributed by atoms with E-state index in [4.69, 9.17) is 5.73 Å². The summed E-state index contributed by atoms with van der Waals surface area (Å²) in [6.07, 6.45) is 1.62. The largest absolute Gasteiger partial charge is 0.396 e. The van der Waals surface area contributed by atoms with Crippen molar-refractivity contribution in [3.63, 3.8) is 0 Å². The average molecular weight is 215 g/mol. The Morgan fingerprint density at radius 2 is 1.94 bits per heavy atom. The molecule has 4 nitrogen and oxygen atoms in total. The fraction of sp³-hybridized carbons (Fsp3) is 0.167. The van der Waals surface area contributed by atoms with Crippen LogP contribution in [-0.4, -0.2) is 15.6 Å². The van der Waals surface area contributed by atoms with Crippen LogP contribution in [0.1, 0.15) is 17.3 Å². The Kier molecular flexibility index (Phi) is 2.48. The summed E-state index contributed by atoms with van der Waals surface area (Å²) in [4.78, 5) is 11.1. The molecule has 2 N–H and O–H groups in total. The van der Waals surface area contributed by atoms with Crippen LogP contribution < -0.4 is 5.73 Å². The Morgan fingerprint density at radius 1 is 1.31 bits per heavy atom. The molecule has 0 aliphatic heterocycles. The third-order valence-electron chi connectivity index (χ3n) is 2.53. The zero-order valence-corrected chi connectivity index (χ0v) is 9.27. The number of hydrogen-bond acceptors (Lipinski definition) is 3. The van der Waals surface area contributed by atoms with Crippen LogP contribution in [0.5, 0.6) is 0 Å². The zero-order valence-electron chi connectivity index (χ0n) is 9.27. The van der Waals surface area contributed by atoms with Crippen molar-refractivity contribution in [1.82, 2.24) is 9.78 Å². The summed E-state index contributed by atoms with van der Waals surface area (Å²) in [5.41, 5.74) is 8.99. The third kappa shape index (κ3) is 1.69. The summed E-state index contributed by atoms with van der Waals surface area (Å²) >= 11 is 0. The second-order valence-electron chi connectivity index (χ2n) is 3.71. The van der Waals surface area contributed by atoms with Crippen molar-refractivity contribution < 1.29 is 4.79 Å². The second kappa shape index (κ2) is 3.81. The molecule has 0 atom stereocenters. The van der Waals surface area contributed by atoms with Crippen LogP contribution in [0.2, 0.25) is 0 Å². The number of anilines is 1. The molecule has 0 amide bonds. The molecular weight excluding hydrogens is 202 g/mol. The molecule has 0 radical (unpaired) electrons. The standard InChI is InChI=1S/C12H13N3O/c1-8(16)9-3-5-10(6-4-9)12-11(13)7-14-15(12)2/h3-7H,13H2,1-2H3. The summed E-state index contributed by atoms with van der Waals surface area (Å²) in [5, 5.41) is 4.07. The highest BCUT2D eigenvalue weighted by Crippen LogP contribution is 2.24. The molecule has 0 spiro atoms. The number of aryl methyl sites for hydroxylation is 1. The first-order valence-corrected chi connectivity index (χ1v) is 4.98. The number of rotatable bonds is 2. The molecule has 2 aromatic rings. The minimum absolute atomic E-state index is 0.0597. The van der Waals surface area contributed by atoms with E-state index in [1.807, 2.05) is 19.2 Å². The van der Waals surface area contributed by atoms with Gasteiger partial charge in [-0.2, -0.15) is 5.10 Å². The van der Waals surface area contributed by atoms with E-state index in [2.05, 4.69) is 5.10 Å². The van der Waals surface area contributed by atoms with Crippen LogP contribution in [0.25, 0.3) is 11.3 Å². The highest BCUT2D eigenvalue weighted by atomic mass is 16.1. The normalized spacial score (nSPS) is 10.4. The Labute approximate surface area is 93.7 Å². The maximum Gasteiger partial charge on any atom is 0.159 e.